The Balaban J connectivity index is 2.19. The van der Waals surface area contributed by atoms with Gasteiger partial charge < -0.3 is 5.11 Å². The average molecular weight is 230 g/mol. The molecule has 1 heterocycles. The molecular formula is C14H18N2O. The van der Waals surface area contributed by atoms with E-state index in [1.807, 2.05) is 27.1 Å². The van der Waals surface area contributed by atoms with E-state index in [1.54, 1.807) is 10.9 Å². The monoisotopic (exact) mass is 230 g/mol. The molecule has 0 aliphatic carbocycles. The molecule has 0 radical (unpaired) electrons. The second-order valence-electron chi connectivity index (χ2n) is 4.60. The predicted octanol–water partition coefficient (Wildman–Crippen LogP) is 2.31. The molecule has 0 spiro atoms. The smallest absolute Gasteiger partial charge is 0.0834 e. The minimum absolute atomic E-state index is 0.459. The Morgan fingerprint density at radius 1 is 1.35 bits per heavy atom. The third-order valence-corrected chi connectivity index (χ3v) is 2.98. The number of hydrogen-bond acceptors (Lipinski definition) is 2. The van der Waals surface area contributed by atoms with Crippen molar-refractivity contribution in [1.82, 2.24) is 9.78 Å². The molecule has 0 fully saturated rings. The lowest BCUT2D eigenvalue weighted by Crippen LogP contribution is -2.03. The number of aliphatic hydroxyl groups excluding tert-OH is 1. The molecule has 90 valence electrons. The molecular weight excluding hydrogens is 212 g/mol. The fourth-order valence-corrected chi connectivity index (χ4v) is 2.03. The van der Waals surface area contributed by atoms with Crippen LogP contribution in [0, 0.1) is 13.8 Å². The summed E-state index contributed by atoms with van der Waals surface area (Å²) in [6, 6.07) is 6.17. The summed E-state index contributed by atoms with van der Waals surface area (Å²) in [7, 11) is 1.88. The largest absolute Gasteiger partial charge is 0.388 e. The molecule has 2 aromatic rings. The fraction of sp³-hybridized carbons (Fsp3) is 0.357. The van der Waals surface area contributed by atoms with E-state index >= 15 is 0 Å². The Kier molecular flexibility index (Phi) is 3.29. The van der Waals surface area contributed by atoms with Crippen LogP contribution in [0.5, 0.6) is 0 Å². The normalized spacial score (nSPS) is 12.7. The molecule has 3 nitrogen and oxygen atoms in total. The van der Waals surface area contributed by atoms with E-state index in [-0.39, 0.29) is 0 Å². The van der Waals surface area contributed by atoms with Gasteiger partial charge in [0.15, 0.2) is 0 Å². The van der Waals surface area contributed by atoms with Gasteiger partial charge in [0.05, 0.1) is 12.3 Å². The molecule has 1 atom stereocenters. The number of aliphatic hydroxyl groups is 1. The molecule has 0 amide bonds. The molecule has 2 rings (SSSR count). The number of nitrogens with zero attached hydrogens (tertiary/aromatic N) is 2. The first-order valence-electron chi connectivity index (χ1n) is 5.79. The van der Waals surface area contributed by atoms with Crippen LogP contribution in [0.4, 0.5) is 0 Å². The lowest BCUT2D eigenvalue weighted by atomic mass is 9.97. The van der Waals surface area contributed by atoms with Gasteiger partial charge in [-0.25, -0.2) is 0 Å². The fourth-order valence-electron chi connectivity index (χ4n) is 2.03. The van der Waals surface area contributed by atoms with Gasteiger partial charge in [0.25, 0.3) is 0 Å². The summed E-state index contributed by atoms with van der Waals surface area (Å²) in [6.45, 7) is 4.07. The van der Waals surface area contributed by atoms with E-state index in [0.29, 0.717) is 6.42 Å². The van der Waals surface area contributed by atoms with E-state index in [2.05, 4.69) is 23.3 Å². The quantitative estimate of drug-likeness (QED) is 0.878. The van der Waals surface area contributed by atoms with Gasteiger partial charge in [0.1, 0.15) is 0 Å². The number of aryl methyl sites for hydroxylation is 3. The van der Waals surface area contributed by atoms with Crippen molar-refractivity contribution in [3.63, 3.8) is 0 Å². The van der Waals surface area contributed by atoms with Crippen molar-refractivity contribution in [2.45, 2.75) is 26.4 Å². The van der Waals surface area contributed by atoms with Gasteiger partial charge in [-0.3, -0.25) is 4.68 Å². The van der Waals surface area contributed by atoms with Crippen LogP contribution in [0.2, 0.25) is 0 Å². The topological polar surface area (TPSA) is 38.1 Å². The van der Waals surface area contributed by atoms with Crippen LogP contribution in [0.25, 0.3) is 0 Å². The summed E-state index contributed by atoms with van der Waals surface area (Å²) in [5.74, 6) is 0. The summed E-state index contributed by atoms with van der Waals surface area (Å²) in [4.78, 5) is 0. The van der Waals surface area contributed by atoms with E-state index < -0.39 is 6.10 Å². The molecule has 1 unspecified atom stereocenters. The zero-order valence-electron chi connectivity index (χ0n) is 10.5. The van der Waals surface area contributed by atoms with Gasteiger partial charge in [0, 0.05) is 19.7 Å². The summed E-state index contributed by atoms with van der Waals surface area (Å²) < 4.78 is 1.76. The maximum atomic E-state index is 10.3. The standard InChI is InChI=1S/C14H18N2O/c1-10-4-5-11(2)13(6-10)14(17)7-12-8-15-16(3)9-12/h4-6,8-9,14,17H,7H2,1-3H3. The summed E-state index contributed by atoms with van der Waals surface area (Å²) in [6.07, 6.45) is 3.89. The number of aromatic nitrogens is 2. The first-order valence-corrected chi connectivity index (χ1v) is 5.79. The Hall–Kier alpha value is -1.61. The Labute approximate surface area is 102 Å². The van der Waals surface area contributed by atoms with Crippen LogP contribution in [0.1, 0.15) is 28.4 Å². The van der Waals surface area contributed by atoms with Gasteiger partial charge in [-0.2, -0.15) is 5.10 Å². The third kappa shape index (κ3) is 2.74. The highest BCUT2D eigenvalue weighted by atomic mass is 16.3. The van der Waals surface area contributed by atoms with Crippen molar-refractivity contribution in [3.8, 4) is 0 Å². The second kappa shape index (κ2) is 4.72. The first kappa shape index (κ1) is 11.9. The number of benzene rings is 1. The highest BCUT2D eigenvalue weighted by Gasteiger charge is 2.12. The summed E-state index contributed by atoms with van der Waals surface area (Å²) in [5, 5.41) is 14.4. The Bertz CT molecular complexity index is 517. The third-order valence-electron chi connectivity index (χ3n) is 2.98. The lowest BCUT2D eigenvalue weighted by molar-refractivity contribution is 0.177. The SMILES string of the molecule is Cc1ccc(C)c(C(O)Cc2cnn(C)c2)c1. The van der Waals surface area contributed by atoms with Crippen LogP contribution >= 0.6 is 0 Å². The van der Waals surface area contributed by atoms with Gasteiger partial charge >= 0.3 is 0 Å². The van der Waals surface area contributed by atoms with Crippen molar-refractivity contribution >= 4 is 0 Å². The number of rotatable bonds is 3. The molecule has 1 N–H and O–H groups in total. The maximum Gasteiger partial charge on any atom is 0.0834 e. The highest BCUT2D eigenvalue weighted by Crippen LogP contribution is 2.22. The summed E-state index contributed by atoms with van der Waals surface area (Å²) in [5.41, 5.74) is 4.37. The second-order valence-corrected chi connectivity index (χ2v) is 4.60. The van der Waals surface area contributed by atoms with Crippen LogP contribution in [0.3, 0.4) is 0 Å². The molecule has 17 heavy (non-hydrogen) atoms. The molecule has 0 saturated carbocycles. The Morgan fingerprint density at radius 3 is 2.76 bits per heavy atom. The molecule has 0 saturated heterocycles. The molecule has 0 aliphatic rings. The zero-order valence-corrected chi connectivity index (χ0v) is 10.5. The average Bonchev–Trinajstić information content (AvgIpc) is 2.67. The van der Waals surface area contributed by atoms with Crippen LogP contribution in [0.15, 0.2) is 30.6 Å². The van der Waals surface area contributed by atoms with E-state index in [9.17, 15) is 5.11 Å². The van der Waals surface area contributed by atoms with E-state index in [1.165, 1.54) is 5.56 Å². The molecule has 1 aromatic carbocycles. The van der Waals surface area contributed by atoms with Crippen molar-refractivity contribution in [2.75, 3.05) is 0 Å². The van der Waals surface area contributed by atoms with Crippen molar-refractivity contribution in [1.29, 1.82) is 0 Å². The molecule has 0 aliphatic heterocycles. The van der Waals surface area contributed by atoms with E-state index in [0.717, 1.165) is 16.7 Å². The van der Waals surface area contributed by atoms with Crippen molar-refractivity contribution in [3.05, 3.63) is 52.8 Å². The van der Waals surface area contributed by atoms with Gasteiger partial charge in [0.2, 0.25) is 0 Å². The minimum Gasteiger partial charge on any atom is -0.388 e. The van der Waals surface area contributed by atoms with Crippen LogP contribution < -0.4 is 0 Å². The van der Waals surface area contributed by atoms with Gasteiger partial charge in [-0.15, -0.1) is 0 Å². The minimum atomic E-state index is -0.459. The van der Waals surface area contributed by atoms with Gasteiger partial charge in [-0.1, -0.05) is 23.8 Å². The van der Waals surface area contributed by atoms with Crippen molar-refractivity contribution in [2.24, 2.45) is 7.05 Å². The van der Waals surface area contributed by atoms with E-state index in [4.69, 9.17) is 0 Å². The molecule has 0 bridgehead atoms. The van der Waals surface area contributed by atoms with Crippen LogP contribution in [-0.4, -0.2) is 14.9 Å². The van der Waals surface area contributed by atoms with Crippen LogP contribution in [-0.2, 0) is 13.5 Å². The number of hydrogen-bond donors (Lipinski definition) is 1. The lowest BCUT2D eigenvalue weighted by Gasteiger charge is -2.13. The predicted molar refractivity (Wildman–Crippen MR) is 67.8 cm³/mol. The zero-order chi connectivity index (χ0) is 12.4. The summed E-state index contributed by atoms with van der Waals surface area (Å²) >= 11 is 0. The first-order chi connectivity index (χ1) is 8.06. The van der Waals surface area contributed by atoms with Crippen molar-refractivity contribution < 1.29 is 5.11 Å². The maximum absolute atomic E-state index is 10.3. The Morgan fingerprint density at radius 2 is 2.12 bits per heavy atom. The molecule has 3 heteroatoms. The van der Waals surface area contributed by atoms with Gasteiger partial charge in [-0.05, 0) is 30.5 Å². The highest BCUT2D eigenvalue weighted by molar-refractivity contribution is 5.32. The molecule has 1 aromatic heterocycles.